The van der Waals surface area contributed by atoms with E-state index >= 15 is 0 Å². The molecule has 0 saturated carbocycles. The third-order valence-corrected chi connectivity index (χ3v) is 3.99. The van der Waals surface area contributed by atoms with Gasteiger partial charge in [0.05, 0.1) is 7.11 Å². The first-order valence-corrected chi connectivity index (χ1v) is 6.99. The van der Waals surface area contributed by atoms with E-state index in [4.69, 9.17) is 4.74 Å². The zero-order valence-electron chi connectivity index (χ0n) is 11.4. The average molecular weight is 256 g/mol. The van der Waals surface area contributed by atoms with E-state index in [0.29, 0.717) is 0 Å². The number of aromatic nitrogens is 1. The smallest absolute Gasteiger partial charge is 0.119 e. The lowest BCUT2D eigenvalue weighted by molar-refractivity contribution is 0.371. The van der Waals surface area contributed by atoms with Crippen LogP contribution in [0.2, 0.25) is 0 Å². The maximum atomic E-state index is 5.28. The quantitative estimate of drug-likeness (QED) is 0.917. The molecule has 1 aliphatic heterocycles. The molecule has 0 aliphatic carbocycles. The van der Waals surface area contributed by atoms with Crippen LogP contribution in [-0.4, -0.2) is 25.2 Å². The first-order chi connectivity index (χ1) is 9.36. The predicted octanol–water partition coefficient (Wildman–Crippen LogP) is 2.79. The fraction of sp³-hybridized carbons (Fsp3) is 0.438. The summed E-state index contributed by atoms with van der Waals surface area (Å²) in [6.45, 7) is 2.28. The van der Waals surface area contributed by atoms with E-state index in [9.17, 15) is 0 Å². The predicted molar refractivity (Wildman–Crippen MR) is 77.6 cm³/mol. The van der Waals surface area contributed by atoms with Crippen molar-refractivity contribution in [3.8, 4) is 5.75 Å². The molecular weight excluding hydrogens is 236 g/mol. The monoisotopic (exact) mass is 256 g/mol. The second kappa shape index (κ2) is 5.57. The second-order valence-corrected chi connectivity index (χ2v) is 5.24. The maximum Gasteiger partial charge on any atom is 0.119 e. The van der Waals surface area contributed by atoms with Crippen LogP contribution in [0, 0.1) is 5.92 Å². The highest BCUT2D eigenvalue weighted by Crippen LogP contribution is 2.25. The molecule has 0 unspecified atom stereocenters. The highest BCUT2D eigenvalue weighted by molar-refractivity contribution is 5.85. The van der Waals surface area contributed by atoms with Crippen molar-refractivity contribution in [1.29, 1.82) is 0 Å². The summed E-state index contributed by atoms with van der Waals surface area (Å²) in [6.07, 6.45) is 5.52. The number of rotatable bonds is 3. The van der Waals surface area contributed by atoms with Crippen LogP contribution in [0.1, 0.15) is 18.5 Å². The lowest BCUT2D eigenvalue weighted by Crippen LogP contribution is -2.28. The number of fused-ring (bicyclic) bond motifs is 1. The SMILES string of the molecule is COc1ccc2c(CC3CCNCC3)nccc2c1. The Kier molecular flexibility index (Phi) is 3.65. The van der Waals surface area contributed by atoms with Crippen molar-refractivity contribution in [3.63, 3.8) is 0 Å². The van der Waals surface area contributed by atoms with Gasteiger partial charge in [-0.2, -0.15) is 0 Å². The number of nitrogens with one attached hydrogen (secondary N) is 1. The molecule has 2 aromatic rings. The molecule has 0 bridgehead atoms. The van der Waals surface area contributed by atoms with E-state index in [2.05, 4.69) is 28.5 Å². The summed E-state index contributed by atoms with van der Waals surface area (Å²) in [7, 11) is 1.71. The molecule has 1 N–H and O–H groups in total. The van der Waals surface area contributed by atoms with Gasteiger partial charge in [-0.3, -0.25) is 4.98 Å². The number of pyridine rings is 1. The first kappa shape index (κ1) is 12.4. The molecule has 0 radical (unpaired) electrons. The van der Waals surface area contributed by atoms with E-state index in [0.717, 1.165) is 31.2 Å². The highest BCUT2D eigenvalue weighted by Gasteiger charge is 2.15. The van der Waals surface area contributed by atoms with Crippen molar-refractivity contribution in [1.82, 2.24) is 10.3 Å². The van der Waals surface area contributed by atoms with Crippen LogP contribution in [0.25, 0.3) is 10.8 Å². The normalized spacial score (nSPS) is 16.7. The molecule has 1 saturated heterocycles. The van der Waals surface area contributed by atoms with Gasteiger partial charge in [-0.05, 0) is 67.9 Å². The summed E-state index contributed by atoms with van der Waals surface area (Å²) >= 11 is 0. The maximum absolute atomic E-state index is 5.28. The molecule has 3 rings (SSSR count). The van der Waals surface area contributed by atoms with Gasteiger partial charge in [0.15, 0.2) is 0 Å². The van der Waals surface area contributed by atoms with Crippen LogP contribution >= 0.6 is 0 Å². The Morgan fingerprint density at radius 3 is 2.89 bits per heavy atom. The van der Waals surface area contributed by atoms with Crippen molar-refractivity contribution in [3.05, 3.63) is 36.2 Å². The van der Waals surface area contributed by atoms with Crippen LogP contribution in [0.3, 0.4) is 0 Å². The van der Waals surface area contributed by atoms with Crippen molar-refractivity contribution in [2.24, 2.45) is 5.92 Å². The Labute approximate surface area is 114 Å². The molecule has 100 valence electrons. The third kappa shape index (κ3) is 2.71. The van der Waals surface area contributed by atoms with Gasteiger partial charge >= 0.3 is 0 Å². The largest absolute Gasteiger partial charge is 0.497 e. The third-order valence-electron chi connectivity index (χ3n) is 3.99. The zero-order chi connectivity index (χ0) is 13.1. The van der Waals surface area contributed by atoms with E-state index in [1.54, 1.807) is 7.11 Å². The minimum Gasteiger partial charge on any atom is -0.497 e. The molecular formula is C16H20N2O. The molecule has 2 heterocycles. The lowest BCUT2D eigenvalue weighted by Gasteiger charge is -2.22. The Bertz CT molecular complexity index is 562. The van der Waals surface area contributed by atoms with Crippen molar-refractivity contribution in [2.75, 3.05) is 20.2 Å². The summed E-state index contributed by atoms with van der Waals surface area (Å²) in [4.78, 5) is 4.60. The number of benzene rings is 1. The highest BCUT2D eigenvalue weighted by atomic mass is 16.5. The van der Waals surface area contributed by atoms with Crippen molar-refractivity contribution < 1.29 is 4.74 Å². The molecule has 1 aliphatic rings. The molecule has 1 fully saturated rings. The van der Waals surface area contributed by atoms with Gasteiger partial charge in [-0.1, -0.05) is 0 Å². The summed E-state index contributed by atoms with van der Waals surface area (Å²) in [5, 5.41) is 5.90. The summed E-state index contributed by atoms with van der Waals surface area (Å²) in [5.74, 6) is 1.67. The van der Waals surface area contributed by atoms with Crippen molar-refractivity contribution in [2.45, 2.75) is 19.3 Å². The molecule has 0 amide bonds. The fourth-order valence-corrected chi connectivity index (χ4v) is 2.87. The minimum absolute atomic E-state index is 0.765. The second-order valence-electron chi connectivity index (χ2n) is 5.24. The number of methoxy groups -OCH3 is 1. The number of ether oxygens (including phenoxy) is 1. The summed E-state index contributed by atoms with van der Waals surface area (Å²) < 4.78 is 5.28. The van der Waals surface area contributed by atoms with Gasteiger partial charge in [0.25, 0.3) is 0 Å². The number of hydrogen-bond donors (Lipinski definition) is 1. The van der Waals surface area contributed by atoms with Gasteiger partial charge in [-0.15, -0.1) is 0 Å². The van der Waals surface area contributed by atoms with Crippen LogP contribution < -0.4 is 10.1 Å². The van der Waals surface area contributed by atoms with E-state index < -0.39 is 0 Å². The Balaban J connectivity index is 1.90. The molecule has 0 spiro atoms. The van der Waals surface area contributed by atoms with Crippen LogP contribution in [-0.2, 0) is 6.42 Å². The van der Waals surface area contributed by atoms with Gasteiger partial charge < -0.3 is 10.1 Å². The van der Waals surface area contributed by atoms with Crippen molar-refractivity contribution >= 4 is 10.8 Å². The Hall–Kier alpha value is -1.61. The molecule has 1 aromatic carbocycles. The fourth-order valence-electron chi connectivity index (χ4n) is 2.87. The van der Waals surface area contributed by atoms with E-state index in [1.165, 1.54) is 29.3 Å². The number of hydrogen-bond acceptors (Lipinski definition) is 3. The summed E-state index contributed by atoms with van der Waals surface area (Å²) in [5.41, 5.74) is 1.23. The van der Waals surface area contributed by atoms with Crippen LogP contribution in [0.5, 0.6) is 5.75 Å². The molecule has 1 aromatic heterocycles. The number of nitrogens with zero attached hydrogens (tertiary/aromatic N) is 1. The Morgan fingerprint density at radius 2 is 2.11 bits per heavy atom. The van der Waals surface area contributed by atoms with Gasteiger partial charge in [0, 0.05) is 17.3 Å². The molecule has 0 atom stereocenters. The van der Waals surface area contributed by atoms with Gasteiger partial charge in [0.2, 0.25) is 0 Å². The Morgan fingerprint density at radius 1 is 1.26 bits per heavy atom. The summed E-state index contributed by atoms with van der Waals surface area (Å²) in [6, 6.07) is 8.31. The first-order valence-electron chi connectivity index (χ1n) is 6.99. The molecule has 3 nitrogen and oxygen atoms in total. The molecule has 19 heavy (non-hydrogen) atoms. The number of piperidine rings is 1. The molecule has 3 heteroatoms. The van der Waals surface area contributed by atoms with Gasteiger partial charge in [0.1, 0.15) is 5.75 Å². The minimum atomic E-state index is 0.765. The van der Waals surface area contributed by atoms with Crippen LogP contribution in [0.4, 0.5) is 0 Å². The lowest BCUT2D eigenvalue weighted by atomic mass is 9.91. The standard InChI is InChI=1S/C16H20N2O/c1-19-14-2-3-15-13(11-14)6-9-18-16(15)10-12-4-7-17-8-5-12/h2-3,6,9,11-12,17H,4-5,7-8,10H2,1H3. The van der Waals surface area contributed by atoms with E-state index in [1.807, 2.05) is 12.3 Å². The van der Waals surface area contributed by atoms with Gasteiger partial charge in [-0.25, -0.2) is 0 Å². The zero-order valence-corrected chi connectivity index (χ0v) is 11.4. The topological polar surface area (TPSA) is 34.1 Å². The van der Waals surface area contributed by atoms with Crippen LogP contribution in [0.15, 0.2) is 30.5 Å². The average Bonchev–Trinajstić information content (AvgIpc) is 2.48. The van der Waals surface area contributed by atoms with E-state index in [-0.39, 0.29) is 0 Å².